The number of carbonyl (C=O) groups is 1. The van der Waals surface area contributed by atoms with E-state index in [2.05, 4.69) is 38.2 Å². The SMILES string of the molecule is CC1CCCC(N)(C(=O)NCC(C)(C)c2ccccc2)C1. The summed E-state index contributed by atoms with van der Waals surface area (Å²) in [5.74, 6) is 0.551. The molecule has 0 heterocycles. The number of nitrogens with two attached hydrogens (primary N) is 1. The number of rotatable bonds is 4. The molecule has 0 spiro atoms. The maximum absolute atomic E-state index is 12.5. The summed E-state index contributed by atoms with van der Waals surface area (Å²) < 4.78 is 0. The Hall–Kier alpha value is -1.35. The molecule has 21 heavy (non-hydrogen) atoms. The van der Waals surface area contributed by atoms with Gasteiger partial charge >= 0.3 is 0 Å². The van der Waals surface area contributed by atoms with Crippen molar-refractivity contribution in [1.82, 2.24) is 5.32 Å². The standard InChI is InChI=1S/C18H28N2O/c1-14-8-7-11-18(19,12-14)16(21)20-13-17(2,3)15-9-5-4-6-10-15/h4-6,9-10,14H,7-8,11-13,19H2,1-3H3,(H,20,21). The first-order valence-corrected chi connectivity index (χ1v) is 7.96. The zero-order chi connectivity index (χ0) is 15.5. The molecule has 1 aromatic rings. The first-order chi connectivity index (χ1) is 9.83. The minimum Gasteiger partial charge on any atom is -0.354 e. The van der Waals surface area contributed by atoms with Crippen LogP contribution in [0.4, 0.5) is 0 Å². The highest BCUT2D eigenvalue weighted by molar-refractivity contribution is 5.86. The van der Waals surface area contributed by atoms with Crippen LogP contribution < -0.4 is 11.1 Å². The van der Waals surface area contributed by atoms with Crippen LogP contribution in [-0.2, 0) is 10.2 Å². The number of benzene rings is 1. The predicted octanol–water partition coefficient (Wildman–Crippen LogP) is 2.99. The van der Waals surface area contributed by atoms with Crippen LogP contribution in [0.15, 0.2) is 30.3 Å². The molecule has 2 unspecified atom stereocenters. The lowest BCUT2D eigenvalue weighted by atomic mass is 9.76. The van der Waals surface area contributed by atoms with Crippen molar-refractivity contribution in [1.29, 1.82) is 0 Å². The molecule has 3 N–H and O–H groups in total. The van der Waals surface area contributed by atoms with E-state index >= 15 is 0 Å². The second-order valence-corrected chi connectivity index (χ2v) is 7.29. The van der Waals surface area contributed by atoms with E-state index in [-0.39, 0.29) is 11.3 Å². The summed E-state index contributed by atoms with van der Waals surface area (Å²) in [4.78, 5) is 12.5. The Bertz CT molecular complexity index is 483. The van der Waals surface area contributed by atoms with Crippen molar-refractivity contribution in [3.05, 3.63) is 35.9 Å². The van der Waals surface area contributed by atoms with E-state index in [0.717, 1.165) is 19.3 Å². The quantitative estimate of drug-likeness (QED) is 0.895. The lowest BCUT2D eigenvalue weighted by molar-refractivity contribution is -0.128. The molecule has 0 radical (unpaired) electrons. The molecular formula is C18H28N2O. The lowest BCUT2D eigenvalue weighted by Crippen LogP contribution is -2.57. The molecular weight excluding hydrogens is 260 g/mol. The summed E-state index contributed by atoms with van der Waals surface area (Å²) in [6.07, 6.45) is 3.83. The second kappa shape index (κ2) is 6.18. The Kier molecular flexibility index (Phi) is 4.72. The van der Waals surface area contributed by atoms with Crippen molar-refractivity contribution in [3.63, 3.8) is 0 Å². The van der Waals surface area contributed by atoms with Gasteiger partial charge in [0.15, 0.2) is 0 Å². The van der Waals surface area contributed by atoms with Gasteiger partial charge in [0.05, 0.1) is 5.54 Å². The highest BCUT2D eigenvalue weighted by Gasteiger charge is 2.38. The van der Waals surface area contributed by atoms with Crippen LogP contribution in [0.25, 0.3) is 0 Å². The molecule has 2 rings (SSSR count). The van der Waals surface area contributed by atoms with Crippen molar-refractivity contribution < 1.29 is 4.79 Å². The minimum absolute atomic E-state index is 0.0121. The molecule has 1 aliphatic carbocycles. The highest BCUT2D eigenvalue weighted by atomic mass is 16.2. The van der Waals surface area contributed by atoms with Gasteiger partial charge in [0.25, 0.3) is 0 Å². The summed E-state index contributed by atoms with van der Waals surface area (Å²) in [6.45, 7) is 7.09. The fraction of sp³-hybridized carbons (Fsp3) is 0.611. The normalized spacial score (nSPS) is 26.4. The van der Waals surface area contributed by atoms with Crippen LogP contribution in [0.2, 0.25) is 0 Å². The fourth-order valence-corrected chi connectivity index (χ4v) is 3.27. The maximum atomic E-state index is 12.5. The third kappa shape index (κ3) is 3.85. The summed E-state index contributed by atoms with van der Waals surface area (Å²) in [5, 5.41) is 3.09. The first-order valence-electron chi connectivity index (χ1n) is 7.96. The van der Waals surface area contributed by atoms with Crippen molar-refractivity contribution in [2.24, 2.45) is 11.7 Å². The summed E-state index contributed by atoms with van der Waals surface area (Å²) in [7, 11) is 0. The van der Waals surface area contributed by atoms with Gasteiger partial charge in [0.2, 0.25) is 5.91 Å². The fourth-order valence-electron chi connectivity index (χ4n) is 3.27. The Morgan fingerprint density at radius 1 is 1.38 bits per heavy atom. The van der Waals surface area contributed by atoms with E-state index in [1.807, 2.05) is 18.2 Å². The van der Waals surface area contributed by atoms with Gasteiger partial charge in [-0.2, -0.15) is 0 Å². The molecule has 0 aliphatic heterocycles. The summed E-state index contributed by atoms with van der Waals surface area (Å²) in [5.41, 5.74) is 6.81. The molecule has 1 fully saturated rings. The van der Waals surface area contributed by atoms with Gasteiger partial charge in [-0.3, -0.25) is 4.79 Å². The smallest absolute Gasteiger partial charge is 0.240 e. The molecule has 1 amide bonds. The largest absolute Gasteiger partial charge is 0.354 e. The van der Waals surface area contributed by atoms with Gasteiger partial charge in [-0.05, 0) is 24.3 Å². The van der Waals surface area contributed by atoms with E-state index in [0.29, 0.717) is 12.5 Å². The third-order valence-electron chi connectivity index (χ3n) is 4.73. The lowest BCUT2D eigenvalue weighted by Gasteiger charge is -2.36. The molecule has 2 atom stereocenters. The van der Waals surface area contributed by atoms with E-state index in [1.165, 1.54) is 12.0 Å². The third-order valence-corrected chi connectivity index (χ3v) is 4.73. The predicted molar refractivity (Wildman–Crippen MR) is 87.0 cm³/mol. The monoisotopic (exact) mass is 288 g/mol. The molecule has 0 aromatic heterocycles. The maximum Gasteiger partial charge on any atom is 0.240 e. The number of nitrogens with one attached hydrogen (secondary N) is 1. The minimum atomic E-state index is -0.676. The van der Waals surface area contributed by atoms with Gasteiger partial charge in [0.1, 0.15) is 0 Å². The van der Waals surface area contributed by atoms with Crippen LogP contribution in [0.3, 0.4) is 0 Å². The zero-order valence-corrected chi connectivity index (χ0v) is 13.5. The number of carbonyl (C=O) groups excluding carboxylic acids is 1. The molecule has 1 aliphatic rings. The Morgan fingerprint density at radius 2 is 2.05 bits per heavy atom. The van der Waals surface area contributed by atoms with E-state index in [4.69, 9.17) is 5.73 Å². The van der Waals surface area contributed by atoms with Crippen molar-refractivity contribution in [3.8, 4) is 0 Å². The van der Waals surface area contributed by atoms with Gasteiger partial charge in [-0.1, -0.05) is 63.9 Å². The Balaban J connectivity index is 1.97. The van der Waals surface area contributed by atoms with Gasteiger partial charge in [-0.25, -0.2) is 0 Å². The van der Waals surface area contributed by atoms with Crippen LogP contribution >= 0.6 is 0 Å². The second-order valence-electron chi connectivity index (χ2n) is 7.29. The molecule has 0 bridgehead atoms. The average molecular weight is 288 g/mol. The van der Waals surface area contributed by atoms with Gasteiger partial charge < -0.3 is 11.1 Å². The van der Waals surface area contributed by atoms with Crippen LogP contribution in [-0.4, -0.2) is 18.0 Å². The number of amides is 1. The summed E-state index contributed by atoms with van der Waals surface area (Å²) >= 11 is 0. The van der Waals surface area contributed by atoms with Crippen LogP contribution in [0, 0.1) is 5.92 Å². The number of hydrogen-bond donors (Lipinski definition) is 2. The van der Waals surface area contributed by atoms with E-state index in [9.17, 15) is 4.79 Å². The number of hydrogen-bond acceptors (Lipinski definition) is 2. The van der Waals surface area contributed by atoms with E-state index in [1.54, 1.807) is 0 Å². The van der Waals surface area contributed by atoms with E-state index < -0.39 is 5.54 Å². The first kappa shape index (κ1) is 16.0. The highest BCUT2D eigenvalue weighted by Crippen LogP contribution is 2.31. The van der Waals surface area contributed by atoms with Crippen molar-refractivity contribution in [2.45, 2.75) is 57.4 Å². The van der Waals surface area contributed by atoms with Crippen molar-refractivity contribution in [2.75, 3.05) is 6.54 Å². The van der Waals surface area contributed by atoms with Gasteiger partial charge in [-0.15, -0.1) is 0 Å². The Morgan fingerprint density at radius 3 is 2.67 bits per heavy atom. The molecule has 116 valence electrons. The Labute approximate surface area is 128 Å². The van der Waals surface area contributed by atoms with Crippen molar-refractivity contribution >= 4 is 5.91 Å². The van der Waals surface area contributed by atoms with Crippen LogP contribution in [0.1, 0.15) is 52.0 Å². The average Bonchev–Trinajstić information content (AvgIpc) is 2.45. The summed E-state index contributed by atoms with van der Waals surface area (Å²) in [6, 6.07) is 10.3. The molecule has 3 nitrogen and oxygen atoms in total. The molecule has 0 saturated heterocycles. The molecule has 3 heteroatoms. The molecule has 1 aromatic carbocycles. The van der Waals surface area contributed by atoms with Gasteiger partial charge in [0, 0.05) is 12.0 Å². The zero-order valence-electron chi connectivity index (χ0n) is 13.5. The van der Waals surface area contributed by atoms with Crippen LogP contribution in [0.5, 0.6) is 0 Å². The topological polar surface area (TPSA) is 55.1 Å². The molecule has 1 saturated carbocycles.